The second kappa shape index (κ2) is 10.1. The third kappa shape index (κ3) is 4.95. The number of hydrogen-bond acceptors (Lipinski definition) is 7. The molecule has 0 bridgehead atoms. The summed E-state index contributed by atoms with van der Waals surface area (Å²) in [6.45, 7) is 7.38. The van der Waals surface area contributed by atoms with Gasteiger partial charge in [0.2, 0.25) is 5.95 Å². The van der Waals surface area contributed by atoms with Crippen molar-refractivity contribution in [1.82, 2.24) is 23.7 Å². The number of nitrogens with one attached hydrogen (secondary N) is 1. The molecular formula is C29H36F2N6OS. The molecule has 6 rings (SSSR count). The van der Waals surface area contributed by atoms with E-state index in [1.165, 1.54) is 0 Å². The van der Waals surface area contributed by atoms with Crippen molar-refractivity contribution in [3.8, 4) is 0 Å². The van der Waals surface area contributed by atoms with Crippen molar-refractivity contribution in [2.45, 2.75) is 75.8 Å². The number of benzene rings is 1. The average molecular weight is 555 g/mol. The number of halogens is 2. The number of alkyl halides is 2. The van der Waals surface area contributed by atoms with E-state index >= 15 is 8.78 Å². The molecule has 208 valence electrons. The maximum Gasteiger partial charge on any atom is 0.268 e. The number of likely N-dealkylation sites (tertiary alicyclic amines) is 1. The van der Waals surface area contributed by atoms with Gasteiger partial charge >= 0.3 is 0 Å². The Balaban J connectivity index is 1.14. The number of hydrogen-bond donors (Lipinski definition) is 1. The predicted octanol–water partition coefficient (Wildman–Crippen LogP) is 6.02. The molecule has 3 aromatic rings. The van der Waals surface area contributed by atoms with Crippen LogP contribution >= 0.6 is 11.9 Å². The van der Waals surface area contributed by atoms with Crippen LogP contribution in [0.3, 0.4) is 0 Å². The highest BCUT2D eigenvalue weighted by Gasteiger charge is 2.62. The molecule has 1 aliphatic carbocycles. The standard InChI is InChI=1S/C29H36F2N6OS/c1-19(2)35-13-12-28(29(30,31)18-35)16-36(17-28)39-23-9-10-24(20(3)14-23)33-27-32-15-21-8-11-25(38)37(26(21)34-27)22-6-4-5-7-22/h8-11,14-15,19,22H,4-7,12-13,16-18H2,1-3H3,(H,32,33,34). The molecule has 10 heteroatoms. The van der Waals surface area contributed by atoms with Crippen LogP contribution in [-0.2, 0) is 0 Å². The Bertz CT molecular complexity index is 1430. The Morgan fingerprint density at radius 2 is 1.87 bits per heavy atom. The van der Waals surface area contributed by atoms with Gasteiger partial charge in [-0.05, 0) is 88.4 Å². The second-order valence-electron chi connectivity index (χ2n) is 11.7. The molecule has 1 spiro atoms. The summed E-state index contributed by atoms with van der Waals surface area (Å²) < 4.78 is 34.0. The summed E-state index contributed by atoms with van der Waals surface area (Å²) in [7, 11) is 0. The SMILES string of the molecule is Cc1cc(SN2CC3(CCN(C(C)C)CC3(F)F)C2)ccc1Nc1ncc2ccc(=O)n(C3CCCC3)c2n1. The number of aryl methyl sites for hydroxylation is 1. The molecule has 0 atom stereocenters. The van der Waals surface area contributed by atoms with Crippen molar-refractivity contribution in [1.29, 1.82) is 0 Å². The van der Waals surface area contributed by atoms with E-state index in [1.54, 1.807) is 30.3 Å². The molecule has 0 amide bonds. The molecule has 39 heavy (non-hydrogen) atoms. The largest absolute Gasteiger partial charge is 0.324 e. The van der Waals surface area contributed by atoms with Gasteiger partial charge in [-0.1, -0.05) is 12.8 Å². The maximum absolute atomic E-state index is 15.1. The molecule has 1 aromatic carbocycles. The van der Waals surface area contributed by atoms with E-state index in [-0.39, 0.29) is 24.2 Å². The lowest BCUT2D eigenvalue weighted by Crippen LogP contribution is -2.69. The highest BCUT2D eigenvalue weighted by atomic mass is 32.2. The monoisotopic (exact) mass is 554 g/mol. The summed E-state index contributed by atoms with van der Waals surface area (Å²) in [4.78, 5) is 24.8. The van der Waals surface area contributed by atoms with E-state index in [9.17, 15) is 4.79 Å². The van der Waals surface area contributed by atoms with Crippen LogP contribution in [0, 0.1) is 12.3 Å². The molecule has 1 saturated carbocycles. The first kappa shape index (κ1) is 26.7. The normalized spacial score (nSPS) is 21.6. The minimum atomic E-state index is -2.67. The van der Waals surface area contributed by atoms with Crippen molar-refractivity contribution < 1.29 is 8.78 Å². The van der Waals surface area contributed by atoms with Gasteiger partial charge in [0, 0.05) is 53.4 Å². The summed E-state index contributed by atoms with van der Waals surface area (Å²) in [6.07, 6.45) is 6.55. The van der Waals surface area contributed by atoms with Gasteiger partial charge in [0.1, 0.15) is 5.65 Å². The first-order valence-electron chi connectivity index (χ1n) is 13.9. The van der Waals surface area contributed by atoms with Gasteiger partial charge in [0.05, 0.1) is 12.0 Å². The van der Waals surface area contributed by atoms with Crippen LogP contribution in [-0.4, -0.2) is 61.9 Å². The summed E-state index contributed by atoms with van der Waals surface area (Å²) in [6, 6.07) is 9.76. The summed E-state index contributed by atoms with van der Waals surface area (Å²) in [5.41, 5.74) is 1.62. The average Bonchev–Trinajstić information content (AvgIpc) is 3.39. The summed E-state index contributed by atoms with van der Waals surface area (Å²) >= 11 is 1.54. The fourth-order valence-electron chi connectivity index (χ4n) is 6.28. The zero-order valence-corrected chi connectivity index (χ0v) is 23.6. The van der Waals surface area contributed by atoms with E-state index in [2.05, 4.69) is 20.7 Å². The molecule has 0 unspecified atom stereocenters. The van der Waals surface area contributed by atoms with Gasteiger partial charge < -0.3 is 5.32 Å². The zero-order valence-electron chi connectivity index (χ0n) is 22.8. The highest BCUT2D eigenvalue weighted by molar-refractivity contribution is 7.97. The molecule has 4 heterocycles. The Hall–Kier alpha value is -2.56. The van der Waals surface area contributed by atoms with Crippen molar-refractivity contribution in [2.75, 3.05) is 31.5 Å². The Labute approximate surface area is 232 Å². The number of nitrogens with zero attached hydrogens (tertiary/aromatic N) is 5. The lowest BCUT2D eigenvalue weighted by atomic mass is 9.70. The number of fused-ring (bicyclic) bond motifs is 1. The molecule has 2 aromatic heterocycles. The Morgan fingerprint density at radius 1 is 1.10 bits per heavy atom. The van der Waals surface area contributed by atoms with Gasteiger partial charge in [-0.2, -0.15) is 4.98 Å². The van der Waals surface area contributed by atoms with Gasteiger partial charge in [-0.3, -0.25) is 14.3 Å². The molecule has 0 radical (unpaired) electrons. The molecule has 7 nitrogen and oxygen atoms in total. The lowest BCUT2D eigenvalue weighted by molar-refractivity contribution is -0.210. The minimum absolute atomic E-state index is 0.0207. The topological polar surface area (TPSA) is 66.3 Å². The quantitative estimate of drug-likeness (QED) is 0.374. The fraction of sp³-hybridized carbons (Fsp3) is 0.552. The van der Waals surface area contributed by atoms with Gasteiger partial charge in [0.25, 0.3) is 11.5 Å². The van der Waals surface area contributed by atoms with E-state index in [1.807, 2.05) is 42.4 Å². The van der Waals surface area contributed by atoms with Gasteiger partial charge in [0.15, 0.2) is 0 Å². The molecular weight excluding hydrogens is 518 g/mol. The van der Waals surface area contributed by atoms with E-state index in [4.69, 9.17) is 4.98 Å². The summed E-state index contributed by atoms with van der Waals surface area (Å²) in [5, 5.41) is 4.17. The van der Waals surface area contributed by atoms with E-state index in [0.717, 1.165) is 53.8 Å². The molecule has 3 aliphatic rings. The van der Waals surface area contributed by atoms with Gasteiger partial charge in [-0.25, -0.2) is 18.1 Å². The number of rotatable bonds is 6. The van der Waals surface area contributed by atoms with Crippen molar-refractivity contribution >= 4 is 34.6 Å². The van der Waals surface area contributed by atoms with Crippen molar-refractivity contribution in [3.05, 3.63) is 52.4 Å². The number of aromatic nitrogens is 3. The minimum Gasteiger partial charge on any atom is -0.324 e. The Morgan fingerprint density at radius 3 is 2.56 bits per heavy atom. The number of pyridine rings is 1. The van der Waals surface area contributed by atoms with Crippen LogP contribution in [0.4, 0.5) is 20.4 Å². The van der Waals surface area contributed by atoms with E-state index < -0.39 is 11.3 Å². The van der Waals surface area contributed by atoms with Crippen LogP contribution in [0.25, 0.3) is 11.0 Å². The van der Waals surface area contributed by atoms with E-state index in [0.29, 0.717) is 31.1 Å². The molecule has 2 aliphatic heterocycles. The van der Waals surface area contributed by atoms with Crippen molar-refractivity contribution in [2.24, 2.45) is 5.41 Å². The first-order valence-corrected chi connectivity index (χ1v) is 14.7. The van der Waals surface area contributed by atoms with Crippen LogP contribution in [0.1, 0.15) is 57.6 Å². The van der Waals surface area contributed by atoms with Crippen LogP contribution in [0.15, 0.2) is 46.2 Å². The lowest BCUT2D eigenvalue weighted by Gasteiger charge is -2.57. The van der Waals surface area contributed by atoms with Crippen LogP contribution in [0.2, 0.25) is 0 Å². The fourth-order valence-corrected chi connectivity index (χ4v) is 7.56. The number of piperidine rings is 1. The Kier molecular flexibility index (Phi) is 6.92. The summed E-state index contributed by atoms with van der Waals surface area (Å²) in [5.74, 6) is -2.22. The predicted molar refractivity (Wildman–Crippen MR) is 152 cm³/mol. The maximum atomic E-state index is 15.1. The second-order valence-corrected chi connectivity index (χ2v) is 12.9. The number of anilines is 2. The van der Waals surface area contributed by atoms with Crippen LogP contribution in [0.5, 0.6) is 0 Å². The zero-order chi connectivity index (χ0) is 27.4. The highest BCUT2D eigenvalue weighted by Crippen LogP contribution is 2.53. The third-order valence-electron chi connectivity index (χ3n) is 8.78. The smallest absolute Gasteiger partial charge is 0.268 e. The molecule has 2 saturated heterocycles. The molecule has 3 fully saturated rings. The van der Waals surface area contributed by atoms with Gasteiger partial charge in [-0.15, -0.1) is 0 Å². The molecule has 1 N–H and O–H groups in total. The van der Waals surface area contributed by atoms with Crippen molar-refractivity contribution in [3.63, 3.8) is 0 Å². The van der Waals surface area contributed by atoms with Crippen LogP contribution < -0.4 is 10.9 Å². The first-order chi connectivity index (χ1) is 18.6. The third-order valence-corrected chi connectivity index (χ3v) is 9.76.